The molecule has 37 heavy (non-hydrogen) atoms. The van der Waals surface area contributed by atoms with Gasteiger partial charge in [-0.15, -0.1) is 0 Å². The molecule has 0 aliphatic rings. The van der Waals surface area contributed by atoms with E-state index in [9.17, 15) is 22.4 Å². The number of hydrogen-bond acceptors (Lipinski definition) is 4. The van der Waals surface area contributed by atoms with E-state index in [1.165, 1.54) is 61.3 Å². The van der Waals surface area contributed by atoms with Crippen molar-refractivity contribution < 1.29 is 22.4 Å². The molecule has 0 aliphatic heterocycles. The Morgan fingerprint density at radius 1 is 1.03 bits per heavy atom. The molecule has 3 rings (SSSR count). The molecule has 0 fully saturated rings. The number of rotatable bonds is 9. The van der Waals surface area contributed by atoms with Crippen molar-refractivity contribution in [2.24, 2.45) is 0 Å². The third-order valence-electron chi connectivity index (χ3n) is 6.03. The van der Waals surface area contributed by atoms with Crippen molar-refractivity contribution in [3.63, 3.8) is 0 Å². The number of carbonyl (C=O) groups is 2. The van der Waals surface area contributed by atoms with Crippen molar-refractivity contribution >= 4 is 39.1 Å². The van der Waals surface area contributed by atoms with Crippen LogP contribution < -0.4 is 9.62 Å². The second-order valence-corrected chi connectivity index (χ2v) is 11.0. The number of likely N-dealkylation sites (N-methyl/N-ethyl adjacent to an activating group) is 1. The Morgan fingerprint density at radius 2 is 1.68 bits per heavy atom. The minimum absolute atomic E-state index is 0.000235. The molecule has 0 unspecified atom stereocenters. The summed E-state index contributed by atoms with van der Waals surface area (Å²) in [5.74, 6) is -1.69. The van der Waals surface area contributed by atoms with E-state index in [2.05, 4.69) is 5.32 Å². The van der Waals surface area contributed by atoms with E-state index in [0.717, 1.165) is 9.87 Å². The van der Waals surface area contributed by atoms with Gasteiger partial charge < -0.3 is 10.2 Å². The molecule has 0 bridgehead atoms. The number of amides is 2. The summed E-state index contributed by atoms with van der Waals surface area (Å²) in [6.45, 7) is 4.19. The minimum atomic E-state index is -4.20. The number of anilines is 1. The van der Waals surface area contributed by atoms with Crippen LogP contribution >= 0.6 is 11.6 Å². The van der Waals surface area contributed by atoms with Gasteiger partial charge in [0.1, 0.15) is 18.4 Å². The second-order valence-electron chi connectivity index (χ2n) is 8.66. The van der Waals surface area contributed by atoms with E-state index in [1.54, 1.807) is 31.2 Å². The Bertz CT molecular complexity index is 1400. The lowest BCUT2D eigenvalue weighted by atomic mass is 10.1. The van der Waals surface area contributed by atoms with Gasteiger partial charge in [-0.1, -0.05) is 47.5 Å². The zero-order valence-electron chi connectivity index (χ0n) is 21.0. The number of nitrogens with zero attached hydrogens (tertiary/aromatic N) is 2. The highest BCUT2D eigenvalue weighted by molar-refractivity contribution is 7.92. The number of halogens is 2. The molecular weight excluding hydrogens is 517 g/mol. The number of aryl methyl sites for hydroxylation is 2. The standard InChI is InChI=1S/C27H29ClFN3O4S/c1-18-9-12-23(13-10-18)37(35,36)32(25-14-11-22(28)15-19(25)2)17-26(33)31(20(3)27(34)30-4)16-21-7-5-6-8-24(21)29/h5-15,20H,16-17H2,1-4H3,(H,30,34)/t20-/m1/s1. The Hall–Kier alpha value is -3.43. The van der Waals surface area contributed by atoms with Crippen LogP contribution in [0.4, 0.5) is 10.1 Å². The van der Waals surface area contributed by atoms with Crippen LogP contribution in [0.1, 0.15) is 23.6 Å². The van der Waals surface area contributed by atoms with Crippen molar-refractivity contribution in [3.05, 3.63) is 94.3 Å². The highest BCUT2D eigenvalue weighted by atomic mass is 35.5. The third-order valence-corrected chi connectivity index (χ3v) is 8.04. The number of benzene rings is 3. The summed E-state index contributed by atoms with van der Waals surface area (Å²) in [6.07, 6.45) is 0. The normalized spacial score (nSPS) is 12.1. The quantitative estimate of drug-likeness (QED) is 0.430. The van der Waals surface area contributed by atoms with Gasteiger partial charge >= 0.3 is 0 Å². The first-order valence-corrected chi connectivity index (χ1v) is 13.4. The molecule has 1 atom stereocenters. The van der Waals surface area contributed by atoms with Crippen molar-refractivity contribution in [2.75, 3.05) is 17.9 Å². The molecular formula is C27H29ClFN3O4S. The number of sulfonamides is 1. The molecule has 0 saturated heterocycles. The zero-order valence-corrected chi connectivity index (χ0v) is 22.6. The minimum Gasteiger partial charge on any atom is -0.357 e. The van der Waals surface area contributed by atoms with Gasteiger partial charge in [0.05, 0.1) is 10.6 Å². The van der Waals surface area contributed by atoms with E-state index in [1.807, 2.05) is 6.92 Å². The van der Waals surface area contributed by atoms with Crippen molar-refractivity contribution in [1.82, 2.24) is 10.2 Å². The fourth-order valence-electron chi connectivity index (χ4n) is 3.85. The topological polar surface area (TPSA) is 86.8 Å². The van der Waals surface area contributed by atoms with Crippen molar-refractivity contribution in [2.45, 2.75) is 38.3 Å². The first-order valence-electron chi connectivity index (χ1n) is 11.6. The fourth-order valence-corrected chi connectivity index (χ4v) is 5.56. The first-order chi connectivity index (χ1) is 17.4. The SMILES string of the molecule is CNC(=O)[C@@H](C)N(Cc1ccccc1F)C(=O)CN(c1ccc(Cl)cc1C)S(=O)(=O)c1ccc(C)cc1. The molecule has 7 nitrogen and oxygen atoms in total. The predicted molar refractivity (Wildman–Crippen MR) is 142 cm³/mol. The Kier molecular flexibility index (Phi) is 8.94. The van der Waals surface area contributed by atoms with Crippen LogP contribution in [0.25, 0.3) is 0 Å². The zero-order chi connectivity index (χ0) is 27.3. The molecule has 2 amide bonds. The molecule has 196 valence electrons. The Labute approximate surface area is 221 Å². The summed E-state index contributed by atoms with van der Waals surface area (Å²) >= 11 is 6.10. The molecule has 0 spiro atoms. The molecule has 3 aromatic rings. The van der Waals surface area contributed by atoms with Crippen molar-refractivity contribution in [3.8, 4) is 0 Å². The average Bonchev–Trinajstić information content (AvgIpc) is 2.86. The van der Waals surface area contributed by atoms with Gasteiger partial charge in [-0.3, -0.25) is 13.9 Å². The van der Waals surface area contributed by atoms with E-state index in [-0.39, 0.29) is 22.7 Å². The number of hydrogen-bond donors (Lipinski definition) is 1. The number of carbonyl (C=O) groups excluding carboxylic acids is 2. The van der Waals surface area contributed by atoms with Crippen LogP contribution in [0, 0.1) is 19.7 Å². The largest absolute Gasteiger partial charge is 0.357 e. The summed E-state index contributed by atoms with van der Waals surface area (Å²) in [5, 5.41) is 2.90. The lowest BCUT2D eigenvalue weighted by Gasteiger charge is -2.32. The van der Waals surface area contributed by atoms with E-state index < -0.39 is 40.2 Å². The van der Waals surface area contributed by atoms with Gasteiger partial charge in [0.25, 0.3) is 10.0 Å². The Morgan fingerprint density at radius 3 is 2.27 bits per heavy atom. The van der Waals surface area contributed by atoms with Crippen LogP contribution in [0.2, 0.25) is 5.02 Å². The first kappa shape index (κ1) is 28.1. The molecule has 10 heteroatoms. The van der Waals surface area contributed by atoms with Crippen LogP contribution in [0.3, 0.4) is 0 Å². The summed E-state index contributed by atoms with van der Waals surface area (Å²) in [5.41, 5.74) is 1.87. The third kappa shape index (κ3) is 6.47. The molecule has 0 saturated carbocycles. The smallest absolute Gasteiger partial charge is 0.264 e. The monoisotopic (exact) mass is 545 g/mol. The summed E-state index contributed by atoms with van der Waals surface area (Å²) in [7, 11) is -2.77. The van der Waals surface area contributed by atoms with Crippen LogP contribution in [-0.4, -0.2) is 44.8 Å². The maximum Gasteiger partial charge on any atom is 0.264 e. The molecule has 0 aliphatic carbocycles. The molecule has 0 radical (unpaired) electrons. The molecule has 1 N–H and O–H groups in total. The maximum absolute atomic E-state index is 14.5. The van der Waals surface area contributed by atoms with E-state index in [4.69, 9.17) is 11.6 Å². The highest BCUT2D eigenvalue weighted by Crippen LogP contribution is 2.29. The molecule has 0 aromatic heterocycles. The highest BCUT2D eigenvalue weighted by Gasteiger charge is 2.33. The van der Waals surface area contributed by atoms with Gasteiger partial charge in [0.15, 0.2) is 0 Å². The summed E-state index contributed by atoms with van der Waals surface area (Å²) in [4.78, 5) is 27.4. The van der Waals surface area contributed by atoms with Gasteiger partial charge in [-0.05, 0) is 62.7 Å². The summed E-state index contributed by atoms with van der Waals surface area (Å²) in [6, 6.07) is 15.9. The van der Waals surface area contributed by atoms with Gasteiger partial charge in [-0.2, -0.15) is 0 Å². The van der Waals surface area contributed by atoms with Crippen molar-refractivity contribution in [1.29, 1.82) is 0 Å². The van der Waals surface area contributed by atoms with Crippen LogP contribution in [0.15, 0.2) is 71.6 Å². The number of nitrogens with one attached hydrogen (secondary N) is 1. The van der Waals surface area contributed by atoms with Gasteiger partial charge in [-0.25, -0.2) is 12.8 Å². The average molecular weight is 546 g/mol. The van der Waals surface area contributed by atoms with E-state index >= 15 is 0 Å². The predicted octanol–water partition coefficient (Wildman–Crippen LogP) is 4.45. The maximum atomic E-state index is 14.5. The van der Waals surface area contributed by atoms with Crippen LogP contribution in [0.5, 0.6) is 0 Å². The van der Waals surface area contributed by atoms with E-state index in [0.29, 0.717) is 10.6 Å². The van der Waals surface area contributed by atoms with Gasteiger partial charge in [0.2, 0.25) is 11.8 Å². The fraction of sp³-hybridized carbons (Fsp3) is 0.259. The Balaban J connectivity index is 2.08. The van der Waals surface area contributed by atoms with Gasteiger partial charge in [0, 0.05) is 24.2 Å². The van der Waals surface area contributed by atoms with Crippen LogP contribution in [-0.2, 0) is 26.2 Å². The lowest BCUT2D eigenvalue weighted by molar-refractivity contribution is -0.139. The molecule has 0 heterocycles. The second kappa shape index (κ2) is 11.7. The molecule has 3 aromatic carbocycles. The summed E-state index contributed by atoms with van der Waals surface area (Å²) < 4.78 is 43.0. The lowest BCUT2D eigenvalue weighted by Crippen LogP contribution is -2.51.